The molecule has 1 unspecified atom stereocenters. The standard InChI is InChI=1S/C13H15ClN2O3S/c14-9-1-2-11(10(5-9)12(17)18)16-13(19)15-6-8-3-4-20-7-8/h1-2,5,8H,3-4,6-7H2,(H,17,18)(H2,15,16,19). The molecule has 1 heterocycles. The zero-order chi connectivity index (χ0) is 14.5. The fraction of sp³-hybridized carbons (Fsp3) is 0.385. The average molecular weight is 315 g/mol. The van der Waals surface area contributed by atoms with Crippen LogP contribution < -0.4 is 10.6 Å². The lowest BCUT2D eigenvalue weighted by atomic mass is 10.1. The van der Waals surface area contributed by atoms with Crippen LogP contribution in [0.15, 0.2) is 18.2 Å². The van der Waals surface area contributed by atoms with Crippen molar-refractivity contribution in [3.05, 3.63) is 28.8 Å². The van der Waals surface area contributed by atoms with E-state index in [0.29, 0.717) is 17.5 Å². The molecule has 0 aliphatic carbocycles. The van der Waals surface area contributed by atoms with Crippen molar-refractivity contribution in [2.75, 3.05) is 23.4 Å². The number of urea groups is 1. The molecule has 1 aromatic carbocycles. The van der Waals surface area contributed by atoms with Crippen molar-refractivity contribution in [3.8, 4) is 0 Å². The fourth-order valence-corrected chi connectivity index (χ4v) is 3.41. The van der Waals surface area contributed by atoms with Gasteiger partial charge in [-0.05, 0) is 42.0 Å². The minimum Gasteiger partial charge on any atom is -0.478 e. The Hall–Kier alpha value is -1.40. The first-order chi connectivity index (χ1) is 9.56. The Morgan fingerprint density at radius 1 is 1.45 bits per heavy atom. The summed E-state index contributed by atoms with van der Waals surface area (Å²) >= 11 is 7.63. The number of thioether (sulfide) groups is 1. The van der Waals surface area contributed by atoms with Crippen LogP contribution in [0, 0.1) is 5.92 Å². The minimum atomic E-state index is -1.13. The molecule has 0 radical (unpaired) electrons. The SMILES string of the molecule is O=C(NCC1CCSC1)Nc1ccc(Cl)cc1C(=O)O. The van der Waals surface area contributed by atoms with E-state index in [1.807, 2.05) is 11.8 Å². The molecule has 0 saturated carbocycles. The summed E-state index contributed by atoms with van der Waals surface area (Å²) in [7, 11) is 0. The Bertz CT molecular complexity index is 518. The maximum atomic E-state index is 11.8. The normalized spacial score (nSPS) is 17.8. The van der Waals surface area contributed by atoms with Crippen molar-refractivity contribution in [2.24, 2.45) is 5.92 Å². The van der Waals surface area contributed by atoms with Crippen LogP contribution in [-0.2, 0) is 0 Å². The van der Waals surface area contributed by atoms with E-state index in [1.54, 1.807) is 0 Å². The summed E-state index contributed by atoms with van der Waals surface area (Å²) in [5.41, 5.74) is 0.212. The number of carbonyl (C=O) groups excluding carboxylic acids is 1. The van der Waals surface area contributed by atoms with Crippen molar-refractivity contribution < 1.29 is 14.7 Å². The van der Waals surface area contributed by atoms with E-state index in [9.17, 15) is 9.59 Å². The third-order valence-electron chi connectivity index (χ3n) is 3.04. The van der Waals surface area contributed by atoms with Crippen molar-refractivity contribution in [1.29, 1.82) is 0 Å². The second-order valence-corrected chi connectivity index (χ2v) is 6.15. The number of carbonyl (C=O) groups is 2. The molecule has 1 aliphatic heterocycles. The number of benzene rings is 1. The minimum absolute atomic E-state index is 0.0240. The van der Waals surface area contributed by atoms with Crippen LogP contribution in [-0.4, -0.2) is 35.2 Å². The Morgan fingerprint density at radius 2 is 2.25 bits per heavy atom. The molecule has 20 heavy (non-hydrogen) atoms. The van der Waals surface area contributed by atoms with Gasteiger partial charge in [-0.25, -0.2) is 9.59 Å². The summed E-state index contributed by atoms with van der Waals surface area (Å²) in [5, 5.41) is 14.7. The molecule has 0 spiro atoms. The smallest absolute Gasteiger partial charge is 0.337 e. The molecule has 5 nitrogen and oxygen atoms in total. The van der Waals surface area contributed by atoms with E-state index in [2.05, 4.69) is 10.6 Å². The maximum Gasteiger partial charge on any atom is 0.337 e. The number of anilines is 1. The third-order valence-corrected chi connectivity index (χ3v) is 4.50. The van der Waals surface area contributed by atoms with Crippen molar-refractivity contribution in [2.45, 2.75) is 6.42 Å². The van der Waals surface area contributed by atoms with Gasteiger partial charge in [-0.1, -0.05) is 11.6 Å². The van der Waals surface area contributed by atoms with Crippen LogP contribution in [0.1, 0.15) is 16.8 Å². The highest BCUT2D eigenvalue weighted by Gasteiger charge is 2.17. The molecule has 2 rings (SSSR count). The first-order valence-corrected chi connectivity index (χ1v) is 7.75. The van der Waals surface area contributed by atoms with Gasteiger partial charge in [-0.2, -0.15) is 11.8 Å². The van der Waals surface area contributed by atoms with Gasteiger partial charge in [0.15, 0.2) is 0 Å². The zero-order valence-corrected chi connectivity index (χ0v) is 12.3. The number of hydrogen-bond donors (Lipinski definition) is 3. The molecule has 3 N–H and O–H groups in total. The molecule has 1 aliphatic rings. The van der Waals surface area contributed by atoms with Crippen LogP contribution >= 0.6 is 23.4 Å². The van der Waals surface area contributed by atoms with E-state index in [-0.39, 0.29) is 11.3 Å². The number of aromatic carboxylic acids is 1. The zero-order valence-electron chi connectivity index (χ0n) is 10.7. The van der Waals surface area contributed by atoms with E-state index >= 15 is 0 Å². The summed E-state index contributed by atoms with van der Waals surface area (Å²) < 4.78 is 0. The molecule has 1 saturated heterocycles. The second-order valence-electron chi connectivity index (χ2n) is 4.56. The van der Waals surface area contributed by atoms with Crippen molar-refractivity contribution >= 4 is 41.1 Å². The van der Waals surface area contributed by atoms with Crippen LogP contribution in [0.2, 0.25) is 5.02 Å². The van der Waals surface area contributed by atoms with Gasteiger partial charge in [0.25, 0.3) is 0 Å². The summed E-state index contributed by atoms with van der Waals surface area (Å²) in [5.74, 6) is 1.56. The first-order valence-electron chi connectivity index (χ1n) is 6.21. The molecule has 1 atom stereocenters. The van der Waals surface area contributed by atoms with Crippen LogP contribution in [0.4, 0.5) is 10.5 Å². The number of hydrogen-bond acceptors (Lipinski definition) is 3. The fourth-order valence-electron chi connectivity index (χ4n) is 1.95. The number of carboxylic acid groups (broad SMARTS) is 1. The molecule has 1 fully saturated rings. The molecule has 108 valence electrons. The number of rotatable bonds is 4. The molecule has 1 aromatic rings. The highest BCUT2D eigenvalue weighted by molar-refractivity contribution is 7.99. The lowest BCUT2D eigenvalue weighted by molar-refractivity contribution is 0.0698. The van der Waals surface area contributed by atoms with E-state index < -0.39 is 12.0 Å². The van der Waals surface area contributed by atoms with Gasteiger partial charge in [0, 0.05) is 11.6 Å². The van der Waals surface area contributed by atoms with E-state index in [0.717, 1.165) is 17.9 Å². The Labute approximate surface area is 126 Å². The van der Waals surface area contributed by atoms with Crippen molar-refractivity contribution in [3.63, 3.8) is 0 Å². The number of carboxylic acids is 1. The summed E-state index contributed by atoms with van der Waals surface area (Å²) in [4.78, 5) is 22.9. The van der Waals surface area contributed by atoms with Gasteiger partial charge in [-0.15, -0.1) is 0 Å². The monoisotopic (exact) mass is 314 g/mol. The number of halogens is 1. The summed E-state index contributed by atoms with van der Waals surface area (Å²) in [6.07, 6.45) is 1.10. The van der Waals surface area contributed by atoms with Gasteiger partial charge in [0.2, 0.25) is 0 Å². The summed E-state index contributed by atoms with van der Waals surface area (Å²) in [6.45, 7) is 0.606. The molecule has 0 bridgehead atoms. The number of nitrogens with one attached hydrogen (secondary N) is 2. The topological polar surface area (TPSA) is 78.4 Å². The van der Waals surface area contributed by atoms with Crippen LogP contribution in [0.5, 0.6) is 0 Å². The highest BCUT2D eigenvalue weighted by atomic mass is 35.5. The average Bonchev–Trinajstić information content (AvgIpc) is 2.91. The predicted molar refractivity (Wildman–Crippen MR) is 80.9 cm³/mol. The van der Waals surface area contributed by atoms with E-state index in [1.165, 1.54) is 18.2 Å². The van der Waals surface area contributed by atoms with Gasteiger partial charge in [0.05, 0.1) is 11.3 Å². The maximum absolute atomic E-state index is 11.8. The molecule has 2 amide bonds. The number of amides is 2. The van der Waals surface area contributed by atoms with Gasteiger partial charge in [0.1, 0.15) is 0 Å². The third kappa shape index (κ3) is 4.05. The van der Waals surface area contributed by atoms with Gasteiger partial charge in [-0.3, -0.25) is 0 Å². The molecule has 0 aromatic heterocycles. The van der Waals surface area contributed by atoms with E-state index in [4.69, 9.17) is 16.7 Å². The quantitative estimate of drug-likeness (QED) is 0.798. The molecular weight excluding hydrogens is 300 g/mol. The van der Waals surface area contributed by atoms with Crippen LogP contribution in [0.25, 0.3) is 0 Å². The second kappa shape index (κ2) is 6.85. The van der Waals surface area contributed by atoms with Crippen molar-refractivity contribution in [1.82, 2.24) is 5.32 Å². The molecule has 7 heteroatoms. The van der Waals surface area contributed by atoms with Gasteiger partial charge < -0.3 is 15.7 Å². The summed E-state index contributed by atoms with van der Waals surface area (Å²) in [6, 6.07) is 3.94. The lowest BCUT2D eigenvalue weighted by Crippen LogP contribution is -2.33. The highest BCUT2D eigenvalue weighted by Crippen LogP contribution is 2.23. The molecular formula is C13H15ClN2O3S. The Kier molecular flexibility index (Phi) is 5.14. The Morgan fingerprint density at radius 3 is 2.90 bits per heavy atom. The predicted octanol–water partition coefficient (Wildman–Crippen LogP) is 2.91. The Balaban J connectivity index is 1.94. The van der Waals surface area contributed by atoms with Gasteiger partial charge >= 0.3 is 12.0 Å². The first kappa shape index (κ1) is 15.0. The lowest BCUT2D eigenvalue weighted by Gasteiger charge is -2.12. The largest absolute Gasteiger partial charge is 0.478 e. The van der Waals surface area contributed by atoms with Crippen LogP contribution in [0.3, 0.4) is 0 Å².